The van der Waals surface area contributed by atoms with Gasteiger partial charge in [-0.15, -0.1) is 0 Å². The Morgan fingerprint density at radius 1 is 1.15 bits per heavy atom. The molecule has 1 amide bonds. The quantitative estimate of drug-likeness (QED) is 0.843. The molecule has 0 radical (unpaired) electrons. The van der Waals surface area contributed by atoms with E-state index in [4.69, 9.17) is 0 Å². The third-order valence-electron chi connectivity index (χ3n) is 4.35. The van der Waals surface area contributed by atoms with Crippen molar-refractivity contribution in [1.29, 1.82) is 0 Å². The number of aromatic nitrogens is 3. The van der Waals surface area contributed by atoms with E-state index in [0.717, 1.165) is 12.0 Å². The van der Waals surface area contributed by atoms with Gasteiger partial charge in [0.2, 0.25) is 15.8 Å². The van der Waals surface area contributed by atoms with Crippen LogP contribution in [0.3, 0.4) is 0 Å². The van der Waals surface area contributed by atoms with E-state index in [-0.39, 0.29) is 24.8 Å². The Hall–Kier alpha value is -2.26. The second-order valence-corrected chi connectivity index (χ2v) is 8.71. The Kier molecular flexibility index (Phi) is 5.38. The van der Waals surface area contributed by atoms with E-state index < -0.39 is 10.0 Å². The molecule has 0 aliphatic carbocycles. The molecule has 0 unspecified atom stereocenters. The molecule has 0 saturated carbocycles. The van der Waals surface area contributed by atoms with E-state index in [1.165, 1.54) is 10.6 Å². The Labute approximate surface area is 153 Å². The van der Waals surface area contributed by atoms with E-state index in [9.17, 15) is 13.2 Å². The molecule has 1 aromatic heterocycles. The Bertz CT molecular complexity index is 839. The average molecular weight is 377 g/mol. The van der Waals surface area contributed by atoms with Crippen molar-refractivity contribution in [3.05, 3.63) is 42.0 Å². The number of carbonyl (C=O) groups is 1. The van der Waals surface area contributed by atoms with Gasteiger partial charge in [0.05, 0.1) is 4.90 Å². The van der Waals surface area contributed by atoms with Gasteiger partial charge in [0, 0.05) is 26.2 Å². The summed E-state index contributed by atoms with van der Waals surface area (Å²) in [4.78, 5) is 18.0. The number of amides is 1. The van der Waals surface area contributed by atoms with Crippen LogP contribution in [0.25, 0.3) is 0 Å². The summed E-state index contributed by atoms with van der Waals surface area (Å²) in [6.45, 7) is 5.43. The highest BCUT2D eigenvalue weighted by Gasteiger charge is 2.31. The number of nitrogens with one attached hydrogen (secondary N) is 1. The largest absolute Gasteiger partial charge is 0.333 e. The van der Waals surface area contributed by atoms with Crippen LogP contribution in [0.1, 0.15) is 30.0 Å². The van der Waals surface area contributed by atoms with Gasteiger partial charge >= 0.3 is 0 Å². The number of benzene rings is 1. The molecule has 0 bridgehead atoms. The molecular formula is C17H23N5O3S. The third kappa shape index (κ3) is 3.94. The van der Waals surface area contributed by atoms with E-state index in [1.54, 1.807) is 17.0 Å². The minimum atomic E-state index is -3.55. The van der Waals surface area contributed by atoms with Crippen molar-refractivity contribution in [3.8, 4) is 0 Å². The first-order valence-electron chi connectivity index (χ1n) is 8.61. The van der Waals surface area contributed by atoms with Crippen molar-refractivity contribution in [2.75, 3.05) is 26.2 Å². The second kappa shape index (κ2) is 7.55. The third-order valence-corrected chi connectivity index (χ3v) is 6.26. The Morgan fingerprint density at radius 2 is 1.81 bits per heavy atom. The first kappa shape index (κ1) is 18.5. The van der Waals surface area contributed by atoms with Gasteiger partial charge in [0.15, 0.2) is 0 Å². The molecule has 1 aliphatic heterocycles. The predicted molar refractivity (Wildman–Crippen MR) is 96.0 cm³/mol. The van der Waals surface area contributed by atoms with Crippen LogP contribution >= 0.6 is 0 Å². The zero-order valence-electron chi connectivity index (χ0n) is 14.9. The molecule has 0 spiro atoms. The molecule has 1 aromatic carbocycles. The zero-order valence-corrected chi connectivity index (χ0v) is 15.7. The number of nitrogens with zero attached hydrogens (tertiary/aromatic N) is 4. The van der Waals surface area contributed by atoms with Crippen LogP contribution in [0.15, 0.2) is 35.5 Å². The van der Waals surface area contributed by atoms with Crippen molar-refractivity contribution in [2.45, 2.75) is 25.2 Å². The van der Waals surface area contributed by atoms with Crippen LogP contribution < -0.4 is 0 Å². The average Bonchev–Trinajstić information content (AvgIpc) is 3.16. The van der Waals surface area contributed by atoms with Gasteiger partial charge in [-0.3, -0.25) is 9.89 Å². The lowest BCUT2D eigenvalue weighted by atomic mass is 10.0. The number of rotatable bonds is 5. The number of aromatic amines is 1. The van der Waals surface area contributed by atoms with Gasteiger partial charge in [-0.25, -0.2) is 13.4 Å². The zero-order chi connectivity index (χ0) is 18.7. The number of sulfonamides is 1. The smallest absolute Gasteiger partial charge is 0.291 e. The molecule has 2 aromatic rings. The first-order chi connectivity index (χ1) is 12.4. The summed E-state index contributed by atoms with van der Waals surface area (Å²) in [5, 5.41) is 6.20. The number of hydrogen-bond donors (Lipinski definition) is 1. The van der Waals surface area contributed by atoms with E-state index in [0.29, 0.717) is 23.9 Å². The van der Waals surface area contributed by atoms with Gasteiger partial charge in [0.25, 0.3) is 5.91 Å². The molecule has 8 nitrogen and oxygen atoms in total. The minimum absolute atomic E-state index is 0.169. The van der Waals surface area contributed by atoms with Gasteiger partial charge in [0.1, 0.15) is 6.33 Å². The van der Waals surface area contributed by atoms with Crippen molar-refractivity contribution < 1.29 is 13.2 Å². The molecule has 1 saturated heterocycles. The molecule has 0 atom stereocenters. The summed E-state index contributed by atoms with van der Waals surface area (Å²) in [6.07, 6.45) is 2.19. The van der Waals surface area contributed by atoms with Crippen LogP contribution in [-0.2, 0) is 16.4 Å². The van der Waals surface area contributed by atoms with E-state index >= 15 is 0 Å². The summed E-state index contributed by atoms with van der Waals surface area (Å²) >= 11 is 0. The molecule has 26 heavy (non-hydrogen) atoms. The lowest BCUT2D eigenvalue weighted by molar-refractivity contribution is 0.0686. The molecule has 1 fully saturated rings. The lowest BCUT2D eigenvalue weighted by Crippen LogP contribution is -2.50. The van der Waals surface area contributed by atoms with E-state index in [2.05, 4.69) is 29.0 Å². The number of H-pyrrole nitrogens is 1. The van der Waals surface area contributed by atoms with Crippen LogP contribution in [0, 0.1) is 5.92 Å². The Balaban J connectivity index is 1.65. The number of hydrogen-bond acceptors (Lipinski definition) is 5. The monoisotopic (exact) mass is 377 g/mol. The highest BCUT2D eigenvalue weighted by molar-refractivity contribution is 7.89. The SMILES string of the molecule is CC(C)Cc1ccc(S(=O)(=O)N2CCN(C(=O)c3ncn[nH]3)CC2)cc1. The molecule has 1 aliphatic rings. The summed E-state index contributed by atoms with van der Waals surface area (Å²) < 4.78 is 27.1. The molecule has 2 heterocycles. The van der Waals surface area contributed by atoms with Crippen molar-refractivity contribution >= 4 is 15.9 Å². The standard InChI is InChI=1S/C17H23N5O3S/c1-13(2)11-14-3-5-15(6-4-14)26(24,25)22-9-7-21(8-10-22)17(23)16-18-12-19-20-16/h3-6,12-13H,7-11H2,1-2H3,(H,18,19,20). The van der Waals surface area contributed by atoms with Crippen LogP contribution in [0.5, 0.6) is 0 Å². The molecular weight excluding hydrogens is 354 g/mol. The second-order valence-electron chi connectivity index (χ2n) is 6.77. The summed E-state index contributed by atoms with van der Waals surface area (Å²) in [5.74, 6) is 0.423. The molecule has 140 valence electrons. The predicted octanol–water partition coefficient (Wildman–Crippen LogP) is 1.15. The van der Waals surface area contributed by atoms with Gasteiger partial charge < -0.3 is 4.90 Å². The van der Waals surface area contributed by atoms with Crippen molar-refractivity contribution in [2.24, 2.45) is 5.92 Å². The maximum Gasteiger partial charge on any atom is 0.291 e. The maximum atomic E-state index is 12.8. The molecule has 9 heteroatoms. The lowest BCUT2D eigenvalue weighted by Gasteiger charge is -2.33. The fraction of sp³-hybridized carbons (Fsp3) is 0.471. The summed E-state index contributed by atoms with van der Waals surface area (Å²) in [5.41, 5.74) is 1.13. The molecule has 1 N–H and O–H groups in total. The van der Waals surface area contributed by atoms with Crippen LogP contribution in [-0.4, -0.2) is 64.9 Å². The maximum absolute atomic E-state index is 12.8. The minimum Gasteiger partial charge on any atom is -0.333 e. The fourth-order valence-electron chi connectivity index (χ4n) is 3.01. The highest BCUT2D eigenvalue weighted by atomic mass is 32.2. The van der Waals surface area contributed by atoms with E-state index in [1.807, 2.05) is 12.1 Å². The molecule has 3 rings (SSSR count). The van der Waals surface area contributed by atoms with Crippen LogP contribution in [0.2, 0.25) is 0 Å². The van der Waals surface area contributed by atoms with Crippen LogP contribution in [0.4, 0.5) is 0 Å². The fourth-order valence-corrected chi connectivity index (χ4v) is 4.43. The number of carbonyl (C=O) groups excluding carboxylic acids is 1. The highest BCUT2D eigenvalue weighted by Crippen LogP contribution is 2.19. The summed E-state index contributed by atoms with van der Waals surface area (Å²) in [7, 11) is -3.55. The van der Waals surface area contributed by atoms with Crippen molar-refractivity contribution in [1.82, 2.24) is 24.4 Å². The number of piperazine rings is 1. The Morgan fingerprint density at radius 3 is 2.35 bits per heavy atom. The first-order valence-corrected chi connectivity index (χ1v) is 10.1. The van der Waals surface area contributed by atoms with Gasteiger partial charge in [-0.05, 0) is 30.0 Å². The van der Waals surface area contributed by atoms with Gasteiger partial charge in [-0.1, -0.05) is 26.0 Å². The summed E-state index contributed by atoms with van der Waals surface area (Å²) in [6, 6.07) is 7.07. The van der Waals surface area contributed by atoms with Gasteiger partial charge in [-0.2, -0.15) is 9.40 Å². The van der Waals surface area contributed by atoms with Crippen molar-refractivity contribution in [3.63, 3.8) is 0 Å². The normalized spacial score (nSPS) is 16.2. The topological polar surface area (TPSA) is 99.3 Å².